The molecule has 15 heavy (non-hydrogen) atoms. The Labute approximate surface area is 86.2 Å². The number of methoxy groups -OCH3 is 1. The molecule has 1 aromatic carbocycles. The van der Waals surface area contributed by atoms with Crippen LogP contribution in [0.3, 0.4) is 0 Å². The molecule has 80 valence electrons. The van der Waals surface area contributed by atoms with E-state index in [4.69, 9.17) is 19.3 Å². The number of aromatic carboxylic acids is 1. The van der Waals surface area contributed by atoms with E-state index in [1.54, 1.807) is 12.1 Å². The van der Waals surface area contributed by atoms with E-state index in [0.717, 1.165) is 0 Å². The van der Waals surface area contributed by atoms with E-state index in [0.29, 0.717) is 11.3 Å². The van der Waals surface area contributed by atoms with Gasteiger partial charge in [-0.05, 0) is 11.6 Å². The van der Waals surface area contributed by atoms with Crippen molar-refractivity contribution in [1.82, 2.24) is 0 Å². The summed E-state index contributed by atoms with van der Waals surface area (Å²) in [5, 5.41) is 9.07. The Morgan fingerprint density at radius 3 is 3.00 bits per heavy atom. The maximum absolute atomic E-state index is 11.1. The summed E-state index contributed by atoms with van der Waals surface area (Å²) in [7, 11) is 1.51. The molecule has 0 bridgehead atoms. The number of ether oxygens (including phenoxy) is 3. The van der Waals surface area contributed by atoms with Crippen molar-refractivity contribution in [2.75, 3.05) is 13.9 Å². The first-order valence-electron chi connectivity index (χ1n) is 4.37. The first-order chi connectivity index (χ1) is 7.24. The normalized spacial score (nSPS) is 12.9. The highest BCUT2D eigenvalue weighted by atomic mass is 16.7. The summed E-state index contributed by atoms with van der Waals surface area (Å²) in [6.07, 6.45) is 0. The molecule has 0 spiro atoms. The Morgan fingerprint density at radius 2 is 2.33 bits per heavy atom. The average Bonchev–Trinajstić information content (AvgIpc) is 2.64. The summed E-state index contributed by atoms with van der Waals surface area (Å²) < 4.78 is 15.1. The zero-order valence-electron chi connectivity index (χ0n) is 8.15. The van der Waals surface area contributed by atoms with Crippen molar-refractivity contribution >= 4 is 5.97 Å². The number of benzene rings is 1. The second-order valence-corrected chi connectivity index (χ2v) is 3.07. The molecule has 1 N–H and O–H groups in total. The molecule has 1 heterocycles. The van der Waals surface area contributed by atoms with Crippen LogP contribution in [-0.2, 0) is 11.3 Å². The number of carbonyl (C=O) groups is 1. The molecular formula is C10H10O5. The van der Waals surface area contributed by atoms with Gasteiger partial charge in [0.2, 0.25) is 6.79 Å². The quantitative estimate of drug-likeness (QED) is 0.813. The lowest BCUT2D eigenvalue weighted by atomic mass is 10.1. The van der Waals surface area contributed by atoms with Crippen LogP contribution in [-0.4, -0.2) is 25.0 Å². The Balaban J connectivity index is 2.53. The van der Waals surface area contributed by atoms with Crippen LogP contribution in [0.15, 0.2) is 12.1 Å². The molecule has 0 atom stereocenters. The molecule has 1 aliphatic heterocycles. The SMILES string of the molecule is COCc1ccc2c(c1C(=O)O)OCO2. The lowest BCUT2D eigenvalue weighted by molar-refractivity contribution is 0.0686. The highest BCUT2D eigenvalue weighted by molar-refractivity contribution is 5.94. The standard InChI is InChI=1S/C10H10O5/c1-13-4-6-2-3-7-9(15-5-14-7)8(6)10(11)12/h2-3H,4-5H2,1H3,(H,11,12). The first kappa shape index (κ1) is 9.79. The van der Waals surface area contributed by atoms with Gasteiger partial charge in [-0.25, -0.2) is 4.79 Å². The van der Waals surface area contributed by atoms with Crippen LogP contribution >= 0.6 is 0 Å². The topological polar surface area (TPSA) is 65.0 Å². The van der Waals surface area contributed by atoms with Gasteiger partial charge in [0.25, 0.3) is 0 Å². The minimum Gasteiger partial charge on any atom is -0.478 e. The van der Waals surface area contributed by atoms with Gasteiger partial charge in [0.15, 0.2) is 11.5 Å². The van der Waals surface area contributed by atoms with Crippen LogP contribution in [0.25, 0.3) is 0 Å². The van der Waals surface area contributed by atoms with E-state index in [9.17, 15) is 4.79 Å². The van der Waals surface area contributed by atoms with Crippen LogP contribution in [0.4, 0.5) is 0 Å². The van der Waals surface area contributed by atoms with Crippen molar-refractivity contribution in [3.63, 3.8) is 0 Å². The van der Waals surface area contributed by atoms with Crippen molar-refractivity contribution in [3.05, 3.63) is 23.3 Å². The second kappa shape index (κ2) is 3.78. The van der Waals surface area contributed by atoms with Crippen LogP contribution < -0.4 is 9.47 Å². The molecule has 2 rings (SSSR count). The molecule has 0 aliphatic carbocycles. The number of hydrogen-bond donors (Lipinski definition) is 1. The molecule has 0 radical (unpaired) electrons. The molecule has 5 heteroatoms. The monoisotopic (exact) mass is 210 g/mol. The molecule has 0 aromatic heterocycles. The first-order valence-corrected chi connectivity index (χ1v) is 4.37. The highest BCUT2D eigenvalue weighted by Crippen LogP contribution is 2.37. The van der Waals surface area contributed by atoms with Gasteiger partial charge < -0.3 is 19.3 Å². The van der Waals surface area contributed by atoms with Gasteiger partial charge in [0.05, 0.1) is 6.61 Å². The van der Waals surface area contributed by atoms with Gasteiger partial charge in [-0.2, -0.15) is 0 Å². The fraction of sp³-hybridized carbons (Fsp3) is 0.300. The molecule has 5 nitrogen and oxygen atoms in total. The van der Waals surface area contributed by atoms with E-state index in [1.165, 1.54) is 7.11 Å². The summed E-state index contributed by atoms with van der Waals surface area (Å²) in [6.45, 7) is 0.296. The Bertz CT molecular complexity index is 399. The zero-order valence-corrected chi connectivity index (χ0v) is 8.15. The van der Waals surface area contributed by atoms with Gasteiger partial charge in [0, 0.05) is 7.11 Å². The van der Waals surface area contributed by atoms with E-state index in [-0.39, 0.29) is 24.7 Å². The number of fused-ring (bicyclic) bond motifs is 1. The van der Waals surface area contributed by atoms with Gasteiger partial charge in [-0.15, -0.1) is 0 Å². The van der Waals surface area contributed by atoms with Crippen LogP contribution in [0.2, 0.25) is 0 Å². The van der Waals surface area contributed by atoms with E-state index < -0.39 is 5.97 Å². The molecule has 0 saturated heterocycles. The maximum atomic E-state index is 11.1. The summed E-state index contributed by atoms with van der Waals surface area (Å²) in [5.41, 5.74) is 0.695. The van der Waals surface area contributed by atoms with E-state index in [2.05, 4.69) is 0 Å². The Morgan fingerprint density at radius 1 is 1.53 bits per heavy atom. The average molecular weight is 210 g/mol. The fourth-order valence-corrected chi connectivity index (χ4v) is 1.52. The van der Waals surface area contributed by atoms with Crippen molar-refractivity contribution < 1.29 is 24.1 Å². The van der Waals surface area contributed by atoms with Crippen molar-refractivity contribution in [3.8, 4) is 11.5 Å². The number of hydrogen-bond acceptors (Lipinski definition) is 4. The third-order valence-corrected chi connectivity index (χ3v) is 2.14. The minimum atomic E-state index is -1.04. The Kier molecular flexibility index (Phi) is 2.47. The zero-order chi connectivity index (χ0) is 10.8. The summed E-state index contributed by atoms with van der Waals surface area (Å²) in [4.78, 5) is 11.1. The smallest absolute Gasteiger partial charge is 0.340 e. The van der Waals surface area contributed by atoms with E-state index in [1.807, 2.05) is 0 Å². The molecule has 1 aliphatic rings. The molecule has 0 saturated carbocycles. The minimum absolute atomic E-state index is 0.0616. The van der Waals surface area contributed by atoms with Gasteiger partial charge in [-0.3, -0.25) is 0 Å². The van der Waals surface area contributed by atoms with Gasteiger partial charge >= 0.3 is 5.97 Å². The lowest BCUT2D eigenvalue weighted by Crippen LogP contribution is -2.05. The van der Waals surface area contributed by atoms with Gasteiger partial charge in [0.1, 0.15) is 5.56 Å². The molecule has 0 amide bonds. The van der Waals surface area contributed by atoms with Gasteiger partial charge in [-0.1, -0.05) is 6.07 Å². The summed E-state index contributed by atoms with van der Waals surface area (Å²) in [5.74, 6) is -0.284. The number of carboxylic acid groups (broad SMARTS) is 1. The third-order valence-electron chi connectivity index (χ3n) is 2.14. The predicted octanol–water partition coefficient (Wildman–Crippen LogP) is 1.26. The molecule has 0 fully saturated rings. The number of carboxylic acids is 1. The van der Waals surface area contributed by atoms with Crippen molar-refractivity contribution in [2.24, 2.45) is 0 Å². The maximum Gasteiger partial charge on any atom is 0.340 e. The largest absolute Gasteiger partial charge is 0.478 e. The van der Waals surface area contributed by atoms with Crippen LogP contribution in [0.5, 0.6) is 11.5 Å². The lowest BCUT2D eigenvalue weighted by Gasteiger charge is -2.07. The second-order valence-electron chi connectivity index (χ2n) is 3.07. The van der Waals surface area contributed by atoms with E-state index >= 15 is 0 Å². The molecular weight excluding hydrogens is 200 g/mol. The summed E-state index contributed by atoms with van der Waals surface area (Å²) in [6, 6.07) is 3.35. The Hall–Kier alpha value is -1.75. The van der Waals surface area contributed by atoms with Crippen LogP contribution in [0, 0.1) is 0 Å². The molecule has 1 aromatic rings. The summed E-state index contributed by atoms with van der Waals surface area (Å²) >= 11 is 0. The molecule has 0 unspecified atom stereocenters. The fourth-order valence-electron chi connectivity index (χ4n) is 1.52. The predicted molar refractivity (Wildman–Crippen MR) is 50.2 cm³/mol. The van der Waals surface area contributed by atoms with Crippen molar-refractivity contribution in [2.45, 2.75) is 6.61 Å². The highest BCUT2D eigenvalue weighted by Gasteiger charge is 2.25. The number of rotatable bonds is 3. The van der Waals surface area contributed by atoms with Crippen LogP contribution in [0.1, 0.15) is 15.9 Å². The van der Waals surface area contributed by atoms with Crippen molar-refractivity contribution in [1.29, 1.82) is 0 Å². The third kappa shape index (κ3) is 1.61.